The van der Waals surface area contributed by atoms with Crippen molar-refractivity contribution >= 4 is 22.7 Å². The fraction of sp³-hybridized carbons (Fsp3) is 0.471. The molecular formula is C17H24N6O3. The number of allylic oxidation sites excluding steroid dienone is 1. The Morgan fingerprint density at radius 1 is 1.31 bits per heavy atom. The van der Waals surface area contributed by atoms with Gasteiger partial charge in [0.05, 0.1) is 13.2 Å². The first-order chi connectivity index (χ1) is 12.3. The van der Waals surface area contributed by atoms with Crippen LogP contribution in [0.4, 0.5) is 5.82 Å². The van der Waals surface area contributed by atoms with E-state index in [-0.39, 0.29) is 29.5 Å². The Labute approximate surface area is 150 Å². The van der Waals surface area contributed by atoms with Crippen molar-refractivity contribution in [3.8, 4) is 6.01 Å². The average molecular weight is 360 g/mol. The molecule has 0 aliphatic carbocycles. The number of aromatic nitrogens is 4. The number of anilines is 1. The highest BCUT2D eigenvalue weighted by Crippen LogP contribution is 2.17. The monoisotopic (exact) mass is 360 g/mol. The molecule has 26 heavy (non-hydrogen) atoms. The Kier molecular flexibility index (Phi) is 6.26. The van der Waals surface area contributed by atoms with Gasteiger partial charge in [0.15, 0.2) is 11.5 Å². The summed E-state index contributed by atoms with van der Waals surface area (Å²) in [5.41, 5.74) is 6.51. The third-order valence-electron chi connectivity index (χ3n) is 3.51. The van der Waals surface area contributed by atoms with Gasteiger partial charge in [0.25, 0.3) is 0 Å². The van der Waals surface area contributed by atoms with E-state index < -0.39 is 11.1 Å². The van der Waals surface area contributed by atoms with Gasteiger partial charge in [-0.3, -0.25) is 19.1 Å². The van der Waals surface area contributed by atoms with E-state index in [1.807, 2.05) is 27.7 Å². The summed E-state index contributed by atoms with van der Waals surface area (Å²) in [7, 11) is 0. The smallest absolute Gasteiger partial charge is 0.320 e. The number of H-pyrrole nitrogens is 1. The standard InChI is InChI=1S/C17H24N6O3/c1-5-6-7-26-17-21-13(18)12-14(22-17)23(16(25)15(24)20-12)9-11(4)8-19-10(2)3/h8H,5-7,9H2,1-4H3,(H,20,24)(H2,18,21,22)/b11-8+. The molecule has 2 rings (SSSR count). The van der Waals surface area contributed by atoms with Gasteiger partial charge in [0.1, 0.15) is 5.52 Å². The van der Waals surface area contributed by atoms with Crippen LogP contribution < -0.4 is 21.6 Å². The minimum atomic E-state index is -0.782. The maximum Gasteiger partial charge on any atom is 0.320 e. The lowest BCUT2D eigenvalue weighted by atomic mass is 10.3. The number of aromatic amines is 1. The van der Waals surface area contributed by atoms with Crippen molar-refractivity contribution in [2.45, 2.75) is 47.1 Å². The molecule has 0 aliphatic heterocycles. The molecule has 0 spiro atoms. The van der Waals surface area contributed by atoms with Gasteiger partial charge in [-0.1, -0.05) is 13.3 Å². The number of nitrogens with one attached hydrogen (secondary N) is 1. The third-order valence-corrected chi connectivity index (χ3v) is 3.51. The summed E-state index contributed by atoms with van der Waals surface area (Å²) >= 11 is 0. The Balaban J connectivity index is 2.57. The van der Waals surface area contributed by atoms with Gasteiger partial charge in [0.2, 0.25) is 0 Å². The van der Waals surface area contributed by atoms with E-state index >= 15 is 0 Å². The Hall–Kier alpha value is -2.97. The summed E-state index contributed by atoms with van der Waals surface area (Å²) in [6.45, 7) is 8.18. The second kappa shape index (κ2) is 8.41. The van der Waals surface area contributed by atoms with Gasteiger partial charge in [-0.05, 0) is 32.8 Å². The largest absolute Gasteiger partial charge is 0.463 e. The van der Waals surface area contributed by atoms with Crippen LogP contribution in [-0.4, -0.2) is 31.8 Å². The van der Waals surface area contributed by atoms with E-state index in [0.29, 0.717) is 6.61 Å². The molecule has 2 aromatic heterocycles. The summed E-state index contributed by atoms with van der Waals surface area (Å²) in [5, 5.41) is 0. The lowest BCUT2D eigenvalue weighted by molar-refractivity contribution is 0.286. The topological polar surface area (TPSA) is 128 Å². The first-order valence-electron chi connectivity index (χ1n) is 8.43. The second-order valence-corrected chi connectivity index (χ2v) is 6.19. The molecule has 9 heteroatoms. The Morgan fingerprint density at radius 3 is 2.69 bits per heavy atom. The Morgan fingerprint density at radius 2 is 2.04 bits per heavy atom. The highest BCUT2D eigenvalue weighted by atomic mass is 16.5. The van der Waals surface area contributed by atoms with E-state index in [4.69, 9.17) is 10.5 Å². The maximum absolute atomic E-state index is 12.4. The number of hydrogen-bond donors (Lipinski definition) is 2. The first kappa shape index (κ1) is 19.4. The number of fused-ring (bicyclic) bond motifs is 1. The predicted octanol–water partition coefficient (Wildman–Crippen LogP) is 1.63. The number of aliphatic imine (C=N–C) groups is 1. The molecule has 0 radical (unpaired) electrons. The van der Waals surface area contributed by atoms with E-state index in [1.54, 1.807) is 6.20 Å². The molecule has 0 bridgehead atoms. The SMILES string of the molecule is CCCCOc1nc(N)c2[nH]c(=O)c(=O)n(C/C(C)=C/N=C(C)C)c2n1. The van der Waals surface area contributed by atoms with Crippen LogP contribution in [0.15, 0.2) is 26.4 Å². The zero-order chi connectivity index (χ0) is 19.3. The van der Waals surface area contributed by atoms with Crippen LogP contribution in [-0.2, 0) is 6.54 Å². The molecule has 0 saturated carbocycles. The molecule has 0 aromatic carbocycles. The lowest BCUT2D eigenvalue weighted by Crippen LogP contribution is -2.37. The molecule has 2 aromatic rings. The van der Waals surface area contributed by atoms with E-state index in [9.17, 15) is 9.59 Å². The number of unbranched alkanes of at least 4 members (excludes halogenated alkanes) is 1. The van der Waals surface area contributed by atoms with Crippen LogP contribution >= 0.6 is 0 Å². The summed E-state index contributed by atoms with van der Waals surface area (Å²) in [4.78, 5) is 39.3. The van der Waals surface area contributed by atoms with Gasteiger partial charge in [-0.15, -0.1) is 0 Å². The van der Waals surface area contributed by atoms with Crippen LogP contribution in [0.3, 0.4) is 0 Å². The van der Waals surface area contributed by atoms with E-state index in [1.165, 1.54) is 4.57 Å². The van der Waals surface area contributed by atoms with Gasteiger partial charge in [0, 0.05) is 11.9 Å². The van der Waals surface area contributed by atoms with E-state index in [2.05, 4.69) is 19.9 Å². The summed E-state index contributed by atoms with van der Waals surface area (Å²) in [6.07, 6.45) is 3.45. The molecule has 0 fully saturated rings. The average Bonchev–Trinajstić information content (AvgIpc) is 2.58. The molecule has 0 saturated heterocycles. The zero-order valence-electron chi connectivity index (χ0n) is 15.5. The van der Waals surface area contributed by atoms with E-state index in [0.717, 1.165) is 24.1 Å². The fourth-order valence-electron chi connectivity index (χ4n) is 2.19. The third kappa shape index (κ3) is 4.56. The van der Waals surface area contributed by atoms with Crippen LogP contribution in [0.5, 0.6) is 6.01 Å². The molecule has 140 valence electrons. The van der Waals surface area contributed by atoms with Gasteiger partial charge < -0.3 is 15.5 Å². The number of rotatable bonds is 7. The van der Waals surface area contributed by atoms with Crippen molar-refractivity contribution in [1.29, 1.82) is 0 Å². The predicted molar refractivity (Wildman–Crippen MR) is 102 cm³/mol. The van der Waals surface area contributed by atoms with Gasteiger partial charge >= 0.3 is 17.1 Å². The minimum absolute atomic E-state index is 0.0522. The summed E-state index contributed by atoms with van der Waals surface area (Å²) in [6, 6.07) is 0.0766. The number of nitrogens with two attached hydrogens (primary N) is 1. The van der Waals surface area contributed by atoms with Crippen molar-refractivity contribution in [3.05, 3.63) is 32.5 Å². The first-order valence-corrected chi connectivity index (χ1v) is 8.43. The lowest BCUT2D eigenvalue weighted by Gasteiger charge is -2.11. The van der Waals surface area contributed by atoms with Crippen LogP contribution in [0.2, 0.25) is 0 Å². The molecule has 2 heterocycles. The normalized spacial score (nSPS) is 11.6. The quantitative estimate of drug-likeness (QED) is 0.439. The maximum atomic E-state index is 12.4. The molecule has 0 amide bonds. The van der Waals surface area contributed by atoms with Crippen molar-refractivity contribution in [3.63, 3.8) is 0 Å². The summed E-state index contributed by atoms with van der Waals surface area (Å²) in [5.74, 6) is 0.0522. The van der Waals surface area contributed by atoms with Crippen molar-refractivity contribution in [2.24, 2.45) is 4.99 Å². The fourth-order valence-corrected chi connectivity index (χ4v) is 2.19. The number of nitrogen functional groups attached to an aromatic ring is 1. The van der Waals surface area contributed by atoms with Crippen LogP contribution in [0.1, 0.15) is 40.5 Å². The van der Waals surface area contributed by atoms with Crippen molar-refractivity contribution in [1.82, 2.24) is 19.5 Å². The molecule has 0 atom stereocenters. The van der Waals surface area contributed by atoms with Crippen LogP contribution in [0.25, 0.3) is 11.2 Å². The molecule has 0 unspecified atom stereocenters. The number of ether oxygens (including phenoxy) is 1. The summed E-state index contributed by atoms with van der Waals surface area (Å²) < 4.78 is 6.75. The molecule has 9 nitrogen and oxygen atoms in total. The second-order valence-electron chi connectivity index (χ2n) is 6.19. The highest BCUT2D eigenvalue weighted by Gasteiger charge is 2.15. The van der Waals surface area contributed by atoms with Crippen LogP contribution in [0, 0.1) is 0 Å². The number of hydrogen-bond acceptors (Lipinski definition) is 7. The molecular weight excluding hydrogens is 336 g/mol. The van der Waals surface area contributed by atoms with Gasteiger partial charge in [-0.2, -0.15) is 9.97 Å². The number of nitrogens with zero attached hydrogens (tertiary/aromatic N) is 4. The van der Waals surface area contributed by atoms with Gasteiger partial charge in [-0.25, -0.2) is 0 Å². The minimum Gasteiger partial charge on any atom is -0.463 e. The zero-order valence-corrected chi connectivity index (χ0v) is 15.5. The van der Waals surface area contributed by atoms with Crippen molar-refractivity contribution in [2.75, 3.05) is 12.3 Å². The molecule has 0 aliphatic rings. The highest BCUT2D eigenvalue weighted by molar-refractivity contribution is 5.81. The Bertz CT molecular complexity index is 967. The molecule has 3 N–H and O–H groups in total. The van der Waals surface area contributed by atoms with Crippen molar-refractivity contribution < 1.29 is 4.74 Å².